The summed E-state index contributed by atoms with van der Waals surface area (Å²) < 4.78 is 4.72. The van der Waals surface area contributed by atoms with Crippen molar-refractivity contribution < 1.29 is 19.1 Å². The highest BCUT2D eigenvalue weighted by Crippen LogP contribution is 2.32. The number of nitrogens with one attached hydrogen (secondary N) is 1. The van der Waals surface area contributed by atoms with Crippen LogP contribution >= 0.6 is 0 Å². The van der Waals surface area contributed by atoms with Crippen LogP contribution in [0, 0.1) is 5.92 Å². The number of ketones is 1. The fraction of sp³-hybridized carbons (Fsp3) is 0.333. The van der Waals surface area contributed by atoms with Crippen LogP contribution in [0.1, 0.15) is 37.1 Å². The Balaban J connectivity index is 2.10. The number of anilines is 1. The minimum absolute atomic E-state index is 0.0809. The van der Waals surface area contributed by atoms with Gasteiger partial charge in [0.25, 0.3) is 0 Å². The summed E-state index contributed by atoms with van der Waals surface area (Å²) in [5, 5.41) is 2.91. The first kappa shape index (κ1) is 19.7. The zero-order valence-electron chi connectivity index (χ0n) is 15.9. The molecule has 2 heterocycles. The van der Waals surface area contributed by atoms with Gasteiger partial charge in [-0.1, -0.05) is 19.1 Å². The minimum Gasteiger partial charge on any atom is -0.469 e. The van der Waals surface area contributed by atoms with E-state index in [9.17, 15) is 14.4 Å². The molecule has 0 fully saturated rings. The average Bonchev–Trinajstić information content (AvgIpc) is 2.67. The number of pyridine rings is 1. The molecule has 7 heteroatoms. The topological polar surface area (TPSA) is 111 Å². The molecular formula is C21H23N3O4. The van der Waals surface area contributed by atoms with Crippen molar-refractivity contribution in [2.24, 2.45) is 11.7 Å². The zero-order chi connectivity index (χ0) is 20.3. The van der Waals surface area contributed by atoms with E-state index in [-0.39, 0.29) is 36.9 Å². The molecule has 3 N–H and O–H groups in total. The molecule has 2 aromatic rings. The van der Waals surface area contributed by atoms with Crippen LogP contribution in [0.3, 0.4) is 0 Å². The second kappa shape index (κ2) is 8.31. The summed E-state index contributed by atoms with van der Waals surface area (Å²) in [6.07, 6.45) is 1.98. The van der Waals surface area contributed by atoms with E-state index in [4.69, 9.17) is 10.5 Å². The number of nitrogens with zero attached hydrogens (tertiary/aromatic N) is 1. The average molecular weight is 381 g/mol. The molecule has 3 rings (SSSR count). The highest BCUT2D eigenvalue weighted by Gasteiger charge is 2.23. The Kier molecular flexibility index (Phi) is 5.84. The molecule has 1 aromatic carbocycles. The Morgan fingerprint density at radius 2 is 2.04 bits per heavy atom. The quantitative estimate of drug-likeness (QED) is 0.773. The predicted octanol–water partition coefficient (Wildman–Crippen LogP) is 2.40. The van der Waals surface area contributed by atoms with Gasteiger partial charge in [0.15, 0.2) is 0 Å². The molecule has 1 aliphatic rings. The van der Waals surface area contributed by atoms with Crippen molar-refractivity contribution in [1.29, 1.82) is 0 Å². The Morgan fingerprint density at radius 1 is 1.25 bits per heavy atom. The molecule has 2 bridgehead atoms. The Bertz CT molecular complexity index is 926. The van der Waals surface area contributed by atoms with Crippen LogP contribution in [-0.4, -0.2) is 29.8 Å². The third-order valence-electron chi connectivity index (χ3n) is 4.82. The van der Waals surface area contributed by atoms with Crippen molar-refractivity contribution in [2.75, 3.05) is 12.4 Å². The maximum atomic E-state index is 12.6. The van der Waals surface area contributed by atoms with Gasteiger partial charge in [0, 0.05) is 36.2 Å². The third-order valence-corrected chi connectivity index (χ3v) is 4.82. The van der Waals surface area contributed by atoms with Gasteiger partial charge in [-0.3, -0.25) is 19.4 Å². The number of fused-ring (bicyclic) bond motifs is 4. The first-order valence-corrected chi connectivity index (χ1v) is 9.11. The van der Waals surface area contributed by atoms with Crippen molar-refractivity contribution in [3.63, 3.8) is 0 Å². The van der Waals surface area contributed by atoms with E-state index in [1.807, 2.05) is 24.3 Å². The zero-order valence-corrected chi connectivity index (χ0v) is 15.9. The summed E-state index contributed by atoms with van der Waals surface area (Å²) >= 11 is 0. The Morgan fingerprint density at radius 3 is 2.79 bits per heavy atom. The number of nitrogens with two attached hydrogens (primary N) is 1. The van der Waals surface area contributed by atoms with Crippen LogP contribution in [-0.2, 0) is 25.5 Å². The lowest BCUT2D eigenvalue weighted by Gasteiger charge is -2.19. The first-order chi connectivity index (χ1) is 13.4. The van der Waals surface area contributed by atoms with E-state index < -0.39 is 12.0 Å². The lowest BCUT2D eigenvalue weighted by molar-refractivity contribution is -0.139. The number of ether oxygens (including phenoxy) is 1. The highest BCUT2D eigenvalue weighted by atomic mass is 16.5. The van der Waals surface area contributed by atoms with Gasteiger partial charge >= 0.3 is 5.97 Å². The van der Waals surface area contributed by atoms with E-state index in [0.717, 1.165) is 11.1 Å². The molecule has 0 saturated carbocycles. The van der Waals surface area contributed by atoms with Gasteiger partial charge in [0.1, 0.15) is 5.78 Å². The number of carbonyl (C=O) groups excluding carboxylic acids is 3. The maximum Gasteiger partial charge on any atom is 0.309 e. The van der Waals surface area contributed by atoms with E-state index in [2.05, 4.69) is 10.3 Å². The van der Waals surface area contributed by atoms with E-state index >= 15 is 0 Å². The van der Waals surface area contributed by atoms with Gasteiger partial charge in [0.2, 0.25) is 5.91 Å². The minimum atomic E-state index is -0.524. The van der Waals surface area contributed by atoms with E-state index in [1.54, 1.807) is 19.2 Å². The van der Waals surface area contributed by atoms with Gasteiger partial charge < -0.3 is 15.8 Å². The SMILES string of the molecule is COC(=O)Cc1ccc2c(c1)NC(=O)[C@H](C)CC(=O)C[C@H](N)c1cc-2ccn1. The number of aromatic nitrogens is 1. The summed E-state index contributed by atoms with van der Waals surface area (Å²) in [5.74, 6) is -1.20. The summed E-state index contributed by atoms with van der Waals surface area (Å²) in [7, 11) is 1.33. The largest absolute Gasteiger partial charge is 0.469 e. The second-order valence-corrected chi connectivity index (χ2v) is 7.05. The molecule has 1 amide bonds. The van der Waals surface area contributed by atoms with Crippen LogP contribution in [0.4, 0.5) is 5.69 Å². The summed E-state index contributed by atoms with van der Waals surface area (Å²) in [4.78, 5) is 40.8. The molecular weight excluding hydrogens is 358 g/mol. The van der Waals surface area contributed by atoms with Crippen molar-refractivity contribution in [3.8, 4) is 11.1 Å². The van der Waals surface area contributed by atoms with Crippen LogP contribution in [0.15, 0.2) is 36.5 Å². The van der Waals surface area contributed by atoms with Gasteiger partial charge in [0.05, 0.1) is 25.3 Å². The lowest BCUT2D eigenvalue weighted by atomic mass is 9.94. The molecule has 0 aliphatic carbocycles. The van der Waals surface area contributed by atoms with E-state index in [0.29, 0.717) is 16.9 Å². The predicted molar refractivity (Wildman–Crippen MR) is 104 cm³/mol. The summed E-state index contributed by atoms with van der Waals surface area (Å²) in [6.45, 7) is 1.71. The van der Waals surface area contributed by atoms with Crippen LogP contribution in [0.2, 0.25) is 0 Å². The number of rotatable bonds is 2. The van der Waals surface area contributed by atoms with Crippen molar-refractivity contribution in [2.45, 2.75) is 32.2 Å². The number of carbonyl (C=O) groups is 3. The number of esters is 1. The van der Waals surface area contributed by atoms with Gasteiger partial charge in [-0.05, 0) is 29.3 Å². The van der Waals surface area contributed by atoms with Gasteiger partial charge in [-0.25, -0.2) is 0 Å². The van der Waals surface area contributed by atoms with Crippen molar-refractivity contribution in [3.05, 3.63) is 47.8 Å². The van der Waals surface area contributed by atoms with Crippen LogP contribution in [0.5, 0.6) is 0 Å². The van der Waals surface area contributed by atoms with E-state index in [1.165, 1.54) is 7.11 Å². The van der Waals surface area contributed by atoms with Crippen LogP contribution in [0.25, 0.3) is 11.1 Å². The molecule has 0 radical (unpaired) electrons. The molecule has 0 saturated heterocycles. The number of Topliss-reactive ketones (excluding diaryl/α,β-unsaturated/α-hetero) is 1. The number of methoxy groups -OCH3 is 1. The lowest BCUT2D eigenvalue weighted by Crippen LogP contribution is -2.25. The fourth-order valence-electron chi connectivity index (χ4n) is 3.24. The van der Waals surface area contributed by atoms with Gasteiger partial charge in [-0.15, -0.1) is 0 Å². The molecule has 2 atom stereocenters. The van der Waals surface area contributed by atoms with Crippen molar-refractivity contribution in [1.82, 2.24) is 4.98 Å². The first-order valence-electron chi connectivity index (χ1n) is 9.11. The molecule has 7 nitrogen and oxygen atoms in total. The number of benzene rings is 1. The molecule has 1 aliphatic heterocycles. The fourth-order valence-corrected chi connectivity index (χ4v) is 3.24. The second-order valence-electron chi connectivity index (χ2n) is 7.05. The Hall–Kier alpha value is -3.06. The highest BCUT2D eigenvalue weighted by molar-refractivity contribution is 5.99. The molecule has 28 heavy (non-hydrogen) atoms. The van der Waals surface area contributed by atoms with Crippen molar-refractivity contribution >= 4 is 23.3 Å². The maximum absolute atomic E-state index is 12.6. The number of hydrogen-bond acceptors (Lipinski definition) is 6. The molecule has 0 spiro atoms. The molecule has 146 valence electrons. The third kappa shape index (κ3) is 4.43. The molecule has 1 aromatic heterocycles. The Labute approximate surface area is 163 Å². The van der Waals surface area contributed by atoms with Gasteiger partial charge in [-0.2, -0.15) is 0 Å². The van der Waals surface area contributed by atoms with Crippen LogP contribution < -0.4 is 11.1 Å². The monoisotopic (exact) mass is 381 g/mol. The smallest absolute Gasteiger partial charge is 0.309 e. The molecule has 0 unspecified atom stereocenters. The standard InChI is InChI=1S/C21H23N3O4/c1-12-7-15(25)11-17(22)19-10-14(5-6-23-19)16-4-3-13(9-20(26)28-2)8-18(16)24-21(12)27/h3-6,8,10,12,17H,7,9,11,22H2,1-2H3,(H,24,27)/t12-,17+/m1/s1. The summed E-state index contributed by atoms with van der Waals surface area (Å²) in [6, 6.07) is 8.54. The number of hydrogen-bond donors (Lipinski definition) is 2. The summed E-state index contributed by atoms with van der Waals surface area (Å²) in [5.41, 5.74) is 9.68. The number of amides is 1. The normalized spacial score (nSPS) is 19.7.